The molecule has 0 spiro atoms. The van der Waals surface area contributed by atoms with Gasteiger partial charge in [-0.3, -0.25) is 0 Å². The fourth-order valence-corrected chi connectivity index (χ4v) is 3.37. The molecule has 106 valence electrons. The van der Waals surface area contributed by atoms with E-state index in [0.29, 0.717) is 21.4 Å². The topological polar surface area (TPSA) is 60.2 Å². The van der Waals surface area contributed by atoms with Gasteiger partial charge in [-0.1, -0.05) is 17.7 Å². The number of thioether (sulfide) groups is 1. The third-order valence-electron chi connectivity index (χ3n) is 2.75. The van der Waals surface area contributed by atoms with Gasteiger partial charge in [-0.05, 0) is 42.0 Å². The average molecular weight is 328 g/mol. The molecular formula is C14H14ClNO2S2. The molecule has 0 saturated carbocycles. The number of halogens is 1. The lowest BCUT2D eigenvalue weighted by atomic mass is 10.2. The van der Waals surface area contributed by atoms with Crippen LogP contribution in [0.4, 0.5) is 5.69 Å². The van der Waals surface area contributed by atoms with E-state index in [-0.39, 0.29) is 0 Å². The van der Waals surface area contributed by atoms with Gasteiger partial charge < -0.3 is 5.73 Å². The van der Waals surface area contributed by atoms with Gasteiger partial charge in [0, 0.05) is 27.6 Å². The molecule has 0 heterocycles. The average Bonchev–Trinajstić information content (AvgIpc) is 2.37. The summed E-state index contributed by atoms with van der Waals surface area (Å²) in [7, 11) is -3.14. The third-order valence-corrected chi connectivity index (χ3v) is 5.18. The van der Waals surface area contributed by atoms with Crippen molar-refractivity contribution in [1.29, 1.82) is 0 Å². The summed E-state index contributed by atoms with van der Waals surface area (Å²) in [5.41, 5.74) is 7.56. The Morgan fingerprint density at radius 2 is 1.80 bits per heavy atom. The van der Waals surface area contributed by atoms with E-state index in [4.69, 9.17) is 17.3 Å². The summed E-state index contributed by atoms with van der Waals surface area (Å²) in [5, 5.41) is 0.619. The zero-order valence-electron chi connectivity index (χ0n) is 10.8. The van der Waals surface area contributed by atoms with Crippen LogP contribution in [-0.2, 0) is 15.6 Å². The Balaban J connectivity index is 2.08. The molecule has 0 amide bonds. The highest BCUT2D eigenvalue weighted by Gasteiger charge is 2.07. The van der Waals surface area contributed by atoms with E-state index >= 15 is 0 Å². The van der Waals surface area contributed by atoms with E-state index in [9.17, 15) is 8.42 Å². The SMILES string of the molecule is CS(=O)(=O)c1ccc(SCc2ccc(Cl)cc2N)cc1. The first kappa shape index (κ1) is 15.2. The standard InChI is InChI=1S/C14H14ClNO2S2/c1-20(17,18)13-6-4-12(5-7-13)19-9-10-2-3-11(15)8-14(10)16/h2-8H,9,16H2,1H3. The van der Waals surface area contributed by atoms with Crippen LogP contribution < -0.4 is 5.73 Å². The molecule has 0 aliphatic rings. The summed E-state index contributed by atoms with van der Waals surface area (Å²) in [6.45, 7) is 0. The van der Waals surface area contributed by atoms with Crippen LogP contribution in [0.5, 0.6) is 0 Å². The predicted octanol–water partition coefficient (Wildman–Crippen LogP) is 3.62. The van der Waals surface area contributed by atoms with Gasteiger partial charge in [0.1, 0.15) is 0 Å². The van der Waals surface area contributed by atoms with Crippen LogP contribution in [0.15, 0.2) is 52.3 Å². The van der Waals surface area contributed by atoms with Crippen LogP contribution in [0.1, 0.15) is 5.56 Å². The van der Waals surface area contributed by atoms with Crippen LogP contribution in [0.25, 0.3) is 0 Å². The summed E-state index contributed by atoms with van der Waals surface area (Å²) >= 11 is 7.45. The lowest BCUT2D eigenvalue weighted by Gasteiger charge is -2.06. The van der Waals surface area contributed by atoms with Crippen LogP contribution in [0.3, 0.4) is 0 Å². The largest absolute Gasteiger partial charge is 0.398 e. The molecule has 2 aromatic carbocycles. The zero-order chi connectivity index (χ0) is 14.8. The zero-order valence-corrected chi connectivity index (χ0v) is 13.2. The van der Waals surface area contributed by atoms with Gasteiger partial charge in [0.25, 0.3) is 0 Å². The Kier molecular flexibility index (Phi) is 4.62. The minimum absolute atomic E-state index is 0.327. The molecule has 3 nitrogen and oxygen atoms in total. The van der Waals surface area contributed by atoms with Crippen molar-refractivity contribution in [3.63, 3.8) is 0 Å². The second-order valence-corrected chi connectivity index (χ2v) is 7.88. The normalized spacial score (nSPS) is 11.5. The van der Waals surface area contributed by atoms with Gasteiger partial charge in [0.05, 0.1) is 4.90 Å². The van der Waals surface area contributed by atoms with E-state index in [1.54, 1.807) is 48.2 Å². The number of nitrogen functional groups attached to an aromatic ring is 1. The highest BCUT2D eigenvalue weighted by Crippen LogP contribution is 2.27. The summed E-state index contributed by atoms with van der Waals surface area (Å²) in [4.78, 5) is 1.32. The van der Waals surface area contributed by atoms with Gasteiger partial charge in [0.15, 0.2) is 9.84 Å². The summed E-state index contributed by atoms with van der Waals surface area (Å²) < 4.78 is 22.7. The first-order valence-corrected chi connectivity index (χ1v) is 9.08. The molecule has 0 aromatic heterocycles. The molecule has 0 saturated heterocycles. The van der Waals surface area contributed by atoms with E-state index in [1.165, 1.54) is 6.26 Å². The van der Waals surface area contributed by atoms with Crippen molar-refractivity contribution < 1.29 is 8.42 Å². The van der Waals surface area contributed by atoms with E-state index in [0.717, 1.165) is 10.5 Å². The first-order valence-electron chi connectivity index (χ1n) is 5.83. The molecule has 2 N–H and O–H groups in total. The summed E-state index contributed by atoms with van der Waals surface area (Å²) in [6, 6.07) is 12.3. The van der Waals surface area contributed by atoms with Crippen molar-refractivity contribution in [2.75, 3.05) is 12.0 Å². The van der Waals surface area contributed by atoms with Crippen molar-refractivity contribution in [2.24, 2.45) is 0 Å². The van der Waals surface area contributed by atoms with Gasteiger partial charge in [0.2, 0.25) is 0 Å². The number of anilines is 1. The Labute approximate surface area is 128 Å². The molecule has 0 bridgehead atoms. The number of sulfone groups is 1. The Hall–Kier alpha value is -1.17. The van der Waals surface area contributed by atoms with Gasteiger partial charge >= 0.3 is 0 Å². The predicted molar refractivity (Wildman–Crippen MR) is 85.0 cm³/mol. The van der Waals surface area contributed by atoms with Crippen molar-refractivity contribution >= 4 is 38.9 Å². The molecule has 2 rings (SSSR count). The van der Waals surface area contributed by atoms with Crippen molar-refractivity contribution in [1.82, 2.24) is 0 Å². The maximum atomic E-state index is 11.4. The minimum atomic E-state index is -3.14. The fraction of sp³-hybridized carbons (Fsp3) is 0.143. The van der Waals surface area contributed by atoms with Crippen LogP contribution in [-0.4, -0.2) is 14.7 Å². The molecule has 0 aliphatic carbocycles. The van der Waals surface area contributed by atoms with Crippen molar-refractivity contribution in [2.45, 2.75) is 15.5 Å². The van der Waals surface area contributed by atoms with E-state index < -0.39 is 9.84 Å². The molecular weight excluding hydrogens is 314 g/mol. The monoisotopic (exact) mass is 327 g/mol. The van der Waals surface area contributed by atoms with Gasteiger partial charge in [-0.25, -0.2) is 8.42 Å². The van der Waals surface area contributed by atoms with Gasteiger partial charge in [-0.2, -0.15) is 0 Å². The quantitative estimate of drug-likeness (QED) is 0.688. The molecule has 20 heavy (non-hydrogen) atoms. The smallest absolute Gasteiger partial charge is 0.175 e. The molecule has 0 unspecified atom stereocenters. The second kappa shape index (κ2) is 6.08. The van der Waals surface area contributed by atoms with E-state index in [2.05, 4.69) is 0 Å². The molecule has 2 aromatic rings. The number of rotatable bonds is 4. The van der Waals surface area contributed by atoms with Crippen molar-refractivity contribution in [3.8, 4) is 0 Å². The number of benzene rings is 2. The summed E-state index contributed by atoms with van der Waals surface area (Å²) in [5.74, 6) is 0.710. The molecule has 0 aliphatic heterocycles. The van der Waals surface area contributed by atoms with Crippen molar-refractivity contribution in [3.05, 3.63) is 53.1 Å². The molecule has 0 atom stereocenters. The molecule has 6 heteroatoms. The van der Waals surface area contributed by atoms with E-state index in [1.807, 2.05) is 6.07 Å². The third kappa shape index (κ3) is 3.91. The van der Waals surface area contributed by atoms with Crippen LogP contribution >= 0.6 is 23.4 Å². The Morgan fingerprint density at radius 1 is 1.15 bits per heavy atom. The van der Waals surface area contributed by atoms with Crippen LogP contribution in [0.2, 0.25) is 5.02 Å². The maximum Gasteiger partial charge on any atom is 0.175 e. The number of nitrogens with two attached hydrogens (primary N) is 1. The Bertz CT molecular complexity index is 712. The lowest BCUT2D eigenvalue weighted by Crippen LogP contribution is -1.96. The molecule has 0 radical (unpaired) electrons. The highest BCUT2D eigenvalue weighted by molar-refractivity contribution is 7.98. The number of hydrogen-bond donors (Lipinski definition) is 1. The highest BCUT2D eigenvalue weighted by atomic mass is 35.5. The van der Waals surface area contributed by atoms with Crippen LogP contribution in [0, 0.1) is 0 Å². The second-order valence-electron chi connectivity index (χ2n) is 4.38. The fourth-order valence-electron chi connectivity index (χ4n) is 1.64. The number of hydrogen-bond acceptors (Lipinski definition) is 4. The van der Waals surface area contributed by atoms with Gasteiger partial charge in [-0.15, -0.1) is 11.8 Å². The Morgan fingerprint density at radius 3 is 2.35 bits per heavy atom. The molecule has 0 fully saturated rings. The maximum absolute atomic E-state index is 11.4. The minimum Gasteiger partial charge on any atom is -0.398 e. The summed E-state index contributed by atoms with van der Waals surface area (Å²) in [6.07, 6.45) is 1.20. The first-order chi connectivity index (χ1) is 9.36. The lowest BCUT2D eigenvalue weighted by molar-refractivity contribution is 0.602.